The standard InChI is InChI=1S/C20H15F2N3O2/c21-13-7-5-12-6-8-16(14(12)11-13)23-20(27)17-9-10-19(26)25(24-17)18-4-2-1-3-15(18)22/h1-5,7,9-11,16H,6,8H2,(H,23,27). The van der Waals surface area contributed by atoms with Crippen LogP contribution in [0.4, 0.5) is 8.78 Å². The van der Waals surface area contributed by atoms with Crippen molar-refractivity contribution in [2.24, 2.45) is 0 Å². The monoisotopic (exact) mass is 367 g/mol. The van der Waals surface area contributed by atoms with E-state index in [2.05, 4.69) is 10.4 Å². The van der Waals surface area contributed by atoms with Crippen LogP contribution < -0.4 is 10.9 Å². The predicted molar refractivity (Wildman–Crippen MR) is 94.7 cm³/mol. The van der Waals surface area contributed by atoms with Crippen molar-refractivity contribution in [1.82, 2.24) is 15.1 Å². The van der Waals surface area contributed by atoms with Crippen molar-refractivity contribution in [1.29, 1.82) is 0 Å². The first-order chi connectivity index (χ1) is 13.0. The maximum atomic E-state index is 14.0. The van der Waals surface area contributed by atoms with Gasteiger partial charge in [0.25, 0.3) is 11.5 Å². The molecule has 0 spiro atoms. The molecule has 0 fully saturated rings. The molecule has 1 aromatic heterocycles. The van der Waals surface area contributed by atoms with E-state index < -0.39 is 17.3 Å². The van der Waals surface area contributed by atoms with Gasteiger partial charge in [-0.15, -0.1) is 0 Å². The molecule has 1 heterocycles. The molecule has 0 saturated carbocycles. The first-order valence-corrected chi connectivity index (χ1v) is 8.47. The van der Waals surface area contributed by atoms with Crippen LogP contribution in [0, 0.1) is 11.6 Å². The maximum absolute atomic E-state index is 14.0. The van der Waals surface area contributed by atoms with Crippen LogP contribution in [0.25, 0.3) is 5.69 Å². The lowest BCUT2D eigenvalue weighted by Crippen LogP contribution is -2.31. The summed E-state index contributed by atoms with van der Waals surface area (Å²) in [6.07, 6.45) is 1.39. The molecule has 1 amide bonds. The lowest BCUT2D eigenvalue weighted by atomic mass is 10.1. The number of hydrogen-bond acceptors (Lipinski definition) is 3. The van der Waals surface area contributed by atoms with E-state index in [0.29, 0.717) is 6.42 Å². The minimum absolute atomic E-state index is 0.0253. The Morgan fingerprint density at radius 1 is 1.11 bits per heavy atom. The van der Waals surface area contributed by atoms with E-state index in [1.54, 1.807) is 12.1 Å². The highest BCUT2D eigenvalue weighted by Crippen LogP contribution is 2.31. The van der Waals surface area contributed by atoms with Gasteiger partial charge < -0.3 is 5.32 Å². The van der Waals surface area contributed by atoms with Crippen molar-refractivity contribution in [2.75, 3.05) is 0 Å². The number of para-hydroxylation sites is 1. The van der Waals surface area contributed by atoms with Crippen LogP contribution >= 0.6 is 0 Å². The van der Waals surface area contributed by atoms with Crippen LogP contribution in [0.3, 0.4) is 0 Å². The molecule has 1 atom stereocenters. The first kappa shape index (κ1) is 17.1. The number of carbonyl (C=O) groups is 1. The number of benzene rings is 2. The fourth-order valence-corrected chi connectivity index (χ4v) is 3.28. The zero-order chi connectivity index (χ0) is 19.0. The number of carbonyl (C=O) groups excluding carboxylic acids is 1. The normalized spacial score (nSPS) is 15.4. The molecule has 136 valence electrons. The maximum Gasteiger partial charge on any atom is 0.272 e. The minimum Gasteiger partial charge on any atom is -0.344 e. The molecule has 1 aliphatic rings. The Bertz CT molecular complexity index is 1090. The molecular weight excluding hydrogens is 352 g/mol. The van der Waals surface area contributed by atoms with Gasteiger partial charge in [-0.2, -0.15) is 9.78 Å². The molecule has 0 aliphatic heterocycles. The summed E-state index contributed by atoms with van der Waals surface area (Å²) >= 11 is 0. The molecule has 0 saturated heterocycles. The Morgan fingerprint density at radius 2 is 1.93 bits per heavy atom. The van der Waals surface area contributed by atoms with Gasteiger partial charge in [-0.3, -0.25) is 9.59 Å². The van der Waals surface area contributed by atoms with Crippen LogP contribution in [0.5, 0.6) is 0 Å². The number of halogens is 2. The zero-order valence-corrected chi connectivity index (χ0v) is 14.2. The highest BCUT2D eigenvalue weighted by molar-refractivity contribution is 5.92. The van der Waals surface area contributed by atoms with Crippen LogP contribution in [-0.4, -0.2) is 15.7 Å². The van der Waals surface area contributed by atoms with Crippen LogP contribution in [-0.2, 0) is 6.42 Å². The van der Waals surface area contributed by atoms with Crippen molar-refractivity contribution in [3.05, 3.63) is 93.4 Å². The number of hydrogen-bond donors (Lipinski definition) is 1. The second-order valence-corrected chi connectivity index (χ2v) is 6.33. The zero-order valence-electron chi connectivity index (χ0n) is 14.2. The average Bonchev–Trinajstić information content (AvgIpc) is 3.04. The van der Waals surface area contributed by atoms with Gasteiger partial charge in [0, 0.05) is 6.07 Å². The Kier molecular flexibility index (Phi) is 4.27. The third kappa shape index (κ3) is 3.23. The first-order valence-electron chi connectivity index (χ1n) is 8.47. The highest BCUT2D eigenvalue weighted by atomic mass is 19.1. The van der Waals surface area contributed by atoms with Crippen molar-refractivity contribution >= 4 is 5.91 Å². The van der Waals surface area contributed by atoms with E-state index in [0.717, 1.165) is 28.3 Å². The molecular formula is C20H15F2N3O2. The van der Waals surface area contributed by atoms with Gasteiger partial charge in [-0.25, -0.2) is 8.78 Å². The predicted octanol–water partition coefficient (Wildman–Crippen LogP) is 2.93. The molecule has 4 rings (SSSR count). The third-order valence-electron chi connectivity index (χ3n) is 4.60. The van der Waals surface area contributed by atoms with E-state index >= 15 is 0 Å². The number of rotatable bonds is 3. The fraction of sp³-hybridized carbons (Fsp3) is 0.150. The summed E-state index contributed by atoms with van der Waals surface area (Å²) in [5.41, 5.74) is 1.12. The lowest BCUT2D eigenvalue weighted by Gasteiger charge is -2.14. The molecule has 1 N–H and O–H groups in total. The Balaban J connectivity index is 1.63. The van der Waals surface area contributed by atoms with Crippen molar-refractivity contribution < 1.29 is 13.6 Å². The number of aryl methyl sites for hydroxylation is 1. The molecule has 27 heavy (non-hydrogen) atoms. The number of nitrogens with zero attached hydrogens (tertiary/aromatic N) is 2. The summed E-state index contributed by atoms with van der Waals surface area (Å²) in [7, 11) is 0. The average molecular weight is 367 g/mol. The lowest BCUT2D eigenvalue weighted by molar-refractivity contribution is 0.0929. The molecule has 1 unspecified atom stereocenters. The topological polar surface area (TPSA) is 64.0 Å². The van der Waals surface area contributed by atoms with Gasteiger partial charge >= 0.3 is 0 Å². The van der Waals surface area contributed by atoms with Gasteiger partial charge in [0.05, 0.1) is 6.04 Å². The van der Waals surface area contributed by atoms with Crippen LogP contribution in [0.2, 0.25) is 0 Å². The third-order valence-corrected chi connectivity index (χ3v) is 4.60. The smallest absolute Gasteiger partial charge is 0.272 e. The van der Waals surface area contributed by atoms with Gasteiger partial charge in [0.15, 0.2) is 0 Å². The van der Waals surface area contributed by atoms with Crippen molar-refractivity contribution in [3.8, 4) is 5.69 Å². The Morgan fingerprint density at radius 3 is 2.74 bits per heavy atom. The summed E-state index contributed by atoms with van der Waals surface area (Å²) in [4.78, 5) is 24.7. The number of fused-ring (bicyclic) bond motifs is 1. The Labute approximate surface area is 153 Å². The highest BCUT2D eigenvalue weighted by Gasteiger charge is 2.25. The summed E-state index contributed by atoms with van der Waals surface area (Å²) in [5.74, 6) is -1.49. The fourth-order valence-electron chi connectivity index (χ4n) is 3.28. The number of amides is 1. The van der Waals surface area contributed by atoms with E-state index in [-0.39, 0.29) is 23.2 Å². The molecule has 1 aliphatic carbocycles. The van der Waals surface area contributed by atoms with Gasteiger partial charge in [-0.1, -0.05) is 18.2 Å². The van der Waals surface area contributed by atoms with Crippen LogP contribution in [0.1, 0.15) is 34.1 Å². The van der Waals surface area contributed by atoms with Crippen LogP contribution in [0.15, 0.2) is 59.4 Å². The number of aromatic nitrogens is 2. The summed E-state index contributed by atoms with van der Waals surface area (Å²) in [6.45, 7) is 0. The van der Waals surface area contributed by atoms with Crippen molar-refractivity contribution in [2.45, 2.75) is 18.9 Å². The second kappa shape index (κ2) is 6.75. The van der Waals surface area contributed by atoms with Gasteiger partial charge in [0.1, 0.15) is 23.0 Å². The molecule has 0 bridgehead atoms. The molecule has 2 aromatic carbocycles. The van der Waals surface area contributed by atoms with Gasteiger partial charge in [-0.05, 0) is 54.3 Å². The molecule has 5 nitrogen and oxygen atoms in total. The summed E-state index contributed by atoms with van der Waals surface area (Å²) in [5, 5.41) is 6.81. The van der Waals surface area contributed by atoms with Gasteiger partial charge in [0.2, 0.25) is 0 Å². The molecule has 3 aromatic rings. The summed E-state index contributed by atoms with van der Waals surface area (Å²) < 4.78 is 28.4. The van der Waals surface area contributed by atoms with Crippen molar-refractivity contribution in [3.63, 3.8) is 0 Å². The second-order valence-electron chi connectivity index (χ2n) is 6.33. The Hall–Kier alpha value is -3.35. The van der Waals surface area contributed by atoms with E-state index in [4.69, 9.17) is 0 Å². The largest absolute Gasteiger partial charge is 0.344 e. The minimum atomic E-state index is -0.621. The van der Waals surface area contributed by atoms with E-state index in [1.165, 1.54) is 36.4 Å². The molecule has 0 radical (unpaired) electrons. The molecule has 7 heteroatoms. The number of nitrogens with one attached hydrogen (secondary N) is 1. The van der Waals surface area contributed by atoms with E-state index in [9.17, 15) is 18.4 Å². The summed E-state index contributed by atoms with van der Waals surface area (Å²) in [6, 6.07) is 12.3. The SMILES string of the molecule is O=C(NC1CCc2ccc(F)cc21)c1ccc(=O)n(-c2ccccc2F)n1. The quantitative estimate of drug-likeness (QED) is 0.774. The van der Waals surface area contributed by atoms with E-state index in [1.807, 2.05) is 0 Å².